The molecule has 0 saturated carbocycles. The molecule has 1 heterocycles. The lowest BCUT2D eigenvalue weighted by Crippen LogP contribution is -2.21. The molecule has 140 valence electrons. The van der Waals surface area contributed by atoms with Crippen molar-refractivity contribution in [3.05, 3.63) is 45.6 Å². The Morgan fingerprint density at radius 1 is 1.12 bits per heavy atom. The van der Waals surface area contributed by atoms with Crippen LogP contribution in [0.2, 0.25) is 0 Å². The monoisotopic (exact) mass is 358 g/mol. The summed E-state index contributed by atoms with van der Waals surface area (Å²) in [5, 5.41) is 17.4. The Hall–Kier alpha value is -2.41. The Morgan fingerprint density at radius 3 is 2.81 bits per heavy atom. The van der Waals surface area contributed by atoms with Crippen molar-refractivity contribution in [3.8, 4) is 0 Å². The van der Waals surface area contributed by atoms with E-state index in [1.54, 1.807) is 0 Å². The Kier molecular flexibility index (Phi) is 6.60. The third-order valence-electron chi connectivity index (χ3n) is 4.70. The highest BCUT2D eigenvalue weighted by molar-refractivity contribution is 5.93. The number of nitrogens with zero attached hydrogens (tertiary/aromatic N) is 2. The molecule has 0 unspecified atom stereocenters. The van der Waals surface area contributed by atoms with Crippen LogP contribution in [-0.2, 0) is 17.7 Å². The van der Waals surface area contributed by atoms with E-state index < -0.39 is 5.09 Å². The van der Waals surface area contributed by atoms with E-state index >= 15 is 0 Å². The molecule has 2 N–H and O–H groups in total. The predicted octanol–water partition coefficient (Wildman–Crippen LogP) is 3.10. The van der Waals surface area contributed by atoms with Crippen LogP contribution in [-0.4, -0.2) is 36.3 Å². The van der Waals surface area contributed by atoms with Crippen LogP contribution < -0.4 is 10.6 Å². The zero-order chi connectivity index (χ0) is 18.2. The zero-order valence-corrected chi connectivity index (χ0v) is 15.0. The number of benzene rings is 1. The molecule has 0 atom stereocenters. The highest BCUT2D eigenvalue weighted by atomic mass is 16.9. The van der Waals surface area contributed by atoms with Gasteiger partial charge in [-0.3, -0.25) is 4.98 Å². The van der Waals surface area contributed by atoms with Gasteiger partial charge in [-0.25, -0.2) is 0 Å². The van der Waals surface area contributed by atoms with Gasteiger partial charge in [0.1, 0.15) is 0 Å². The van der Waals surface area contributed by atoms with E-state index in [9.17, 15) is 10.1 Å². The zero-order valence-electron chi connectivity index (χ0n) is 15.0. The molecule has 1 aromatic carbocycles. The van der Waals surface area contributed by atoms with Gasteiger partial charge in [-0.1, -0.05) is 18.2 Å². The van der Waals surface area contributed by atoms with Gasteiger partial charge in [-0.05, 0) is 63.2 Å². The van der Waals surface area contributed by atoms with Crippen molar-refractivity contribution in [1.82, 2.24) is 10.3 Å². The minimum absolute atomic E-state index is 0.146. The highest BCUT2D eigenvalue weighted by Crippen LogP contribution is 2.33. The number of hydrogen-bond acceptors (Lipinski definition) is 6. The van der Waals surface area contributed by atoms with Gasteiger partial charge in [0, 0.05) is 23.3 Å². The second kappa shape index (κ2) is 9.33. The van der Waals surface area contributed by atoms with Gasteiger partial charge in [0.2, 0.25) is 0 Å². The van der Waals surface area contributed by atoms with E-state index in [1.165, 1.54) is 35.2 Å². The summed E-state index contributed by atoms with van der Waals surface area (Å²) in [4.78, 5) is 19.2. The maximum atomic E-state index is 10.1. The molecule has 0 aliphatic heterocycles. The van der Waals surface area contributed by atoms with E-state index in [1.807, 2.05) is 6.07 Å². The van der Waals surface area contributed by atoms with Crippen LogP contribution in [0.1, 0.15) is 36.9 Å². The molecule has 0 radical (unpaired) electrons. The van der Waals surface area contributed by atoms with Gasteiger partial charge >= 0.3 is 0 Å². The average molecular weight is 358 g/mol. The summed E-state index contributed by atoms with van der Waals surface area (Å²) in [6.07, 6.45) is 6.25. The molecule has 0 amide bonds. The largest absolute Gasteiger partial charge is 0.384 e. The molecule has 1 aromatic heterocycles. The summed E-state index contributed by atoms with van der Waals surface area (Å²) in [7, 11) is 0. The summed E-state index contributed by atoms with van der Waals surface area (Å²) in [6, 6.07) is 8.34. The van der Waals surface area contributed by atoms with Crippen LogP contribution in [0.25, 0.3) is 10.9 Å². The molecule has 7 nitrogen and oxygen atoms in total. The molecular formula is C19H26N4O3. The standard InChI is InChI=1S/C19H26N4O3/c24-23(25)26-14-6-12-20-11-5-13-21-19-15-7-1-3-9-17(15)22-18-10-4-2-8-16(18)19/h1,3,7,9,20H,2,4-6,8,10-14H2,(H,21,22). The van der Waals surface area contributed by atoms with E-state index in [0.717, 1.165) is 44.4 Å². The number of pyridine rings is 1. The fraction of sp³-hybridized carbons (Fsp3) is 0.526. The minimum atomic E-state index is -0.746. The predicted molar refractivity (Wildman–Crippen MR) is 102 cm³/mol. The molecule has 7 heteroatoms. The quantitative estimate of drug-likeness (QED) is 0.385. The molecule has 2 aromatic rings. The number of nitrogens with one attached hydrogen (secondary N) is 2. The van der Waals surface area contributed by atoms with Crippen molar-refractivity contribution in [2.75, 3.05) is 31.6 Å². The van der Waals surface area contributed by atoms with E-state index in [4.69, 9.17) is 4.98 Å². The smallest absolute Gasteiger partial charge is 0.294 e. The van der Waals surface area contributed by atoms with Crippen LogP contribution >= 0.6 is 0 Å². The number of fused-ring (bicyclic) bond motifs is 2. The number of anilines is 1. The van der Waals surface area contributed by atoms with E-state index in [0.29, 0.717) is 6.42 Å². The van der Waals surface area contributed by atoms with Crippen molar-refractivity contribution in [1.29, 1.82) is 0 Å². The van der Waals surface area contributed by atoms with Crippen molar-refractivity contribution < 1.29 is 9.92 Å². The van der Waals surface area contributed by atoms with Crippen LogP contribution in [0, 0.1) is 10.1 Å². The minimum Gasteiger partial charge on any atom is -0.384 e. The second-order valence-corrected chi connectivity index (χ2v) is 6.58. The lowest BCUT2D eigenvalue weighted by Gasteiger charge is -2.21. The van der Waals surface area contributed by atoms with Gasteiger partial charge in [-0.2, -0.15) is 0 Å². The van der Waals surface area contributed by atoms with Gasteiger partial charge in [0.25, 0.3) is 5.09 Å². The lowest BCUT2D eigenvalue weighted by molar-refractivity contribution is -0.757. The molecule has 0 spiro atoms. The molecule has 0 saturated heterocycles. The lowest BCUT2D eigenvalue weighted by atomic mass is 9.92. The first-order valence-electron chi connectivity index (χ1n) is 9.38. The first-order valence-corrected chi connectivity index (χ1v) is 9.38. The number of hydrogen-bond donors (Lipinski definition) is 2. The number of aromatic nitrogens is 1. The van der Waals surface area contributed by atoms with Gasteiger partial charge in [0.05, 0.1) is 12.1 Å². The SMILES string of the molecule is O=[N+]([O-])OCCCNCCCNc1c2c(nc3ccccc13)CCCC2. The van der Waals surface area contributed by atoms with E-state index in [-0.39, 0.29) is 6.61 Å². The number of aryl methyl sites for hydroxylation is 1. The third-order valence-corrected chi connectivity index (χ3v) is 4.70. The molecular weight excluding hydrogens is 332 g/mol. The topological polar surface area (TPSA) is 89.3 Å². The molecule has 1 aliphatic rings. The summed E-state index contributed by atoms with van der Waals surface area (Å²) < 4.78 is 0. The fourth-order valence-electron chi connectivity index (χ4n) is 3.46. The maximum absolute atomic E-state index is 10.1. The van der Waals surface area contributed by atoms with Crippen molar-refractivity contribution in [2.24, 2.45) is 0 Å². The first-order chi connectivity index (χ1) is 12.8. The Bertz CT molecular complexity index is 751. The summed E-state index contributed by atoms with van der Waals surface area (Å²) in [5.74, 6) is 0. The Morgan fingerprint density at radius 2 is 1.92 bits per heavy atom. The Balaban J connectivity index is 1.50. The number of rotatable bonds is 10. The first kappa shape index (κ1) is 18.4. The third kappa shape index (κ3) is 4.82. The van der Waals surface area contributed by atoms with Crippen molar-refractivity contribution in [2.45, 2.75) is 38.5 Å². The van der Waals surface area contributed by atoms with Crippen molar-refractivity contribution >= 4 is 16.6 Å². The molecule has 3 rings (SSSR count). The molecule has 0 bridgehead atoms. The van der Waals surface area contributed by atoms with Crippen LogP contribution in [0.5, 0.6) is 0 Å². The molecule has 26 heavy (non-hydrogen) atoms. The Labute approximate surface area is 153 Å². The van der Waals surface area contributed by atoms with E-state index in [2.05, 4.69) is 33.7 Å². The highest BCUT2D eigenvalue weighted by Gasteiger charge is 2.17. The van der Waals surface area contributed by atoms with Crippen molar-refractivity contribution in [3.63, 3.8) is 0 Å². The normalized spacial score (nSPS) is 13.4. The average Bonchev–Trinajstić information content (AvgIpc) is 2.65. The molecule has 0 fully saturated rings. The summed E-state index contributed by atoms with van der Waals surface area (Å²) >= 11 is 0. The maximum Gasteiger partial charge on any atom is 0.294 e. The second-order valence-electron chi connectivity index (χ2n) is 6.58. The van der Waals surface area contributed by atoms with Gasteiger partial charge in [-0.15, -0.1) is 10.1 Å². The van der Waals surface area contributed by atoms with Crippen LogP contribution in [0.4, 0.5) is 5.69 Å². The fourth-order valence-corrected chi connectivity index (χ4v) is 3.46. The summed E-state index contributed by atoms with van der Waals surface area (Å²) in [6.45, 7) is 2.63. The van der Waals surface area contributed by atoms with Gasteiger partial charge < -0.3 is 15.5 Å². The van der Waals surface area contributed by atoms with Crippen LogP contribution in [0.3, 0.4) is 0 Å². The number of para-hydroxylation sites is 1. The molecule has 1 aliphatic carbocycles. The van der Waals surface area contributed by atoms with Gasteiger partial charge in [0.15, 0.2) is 0 Å². The summed E-state index contributed by atoms with van der Waals surface area (Å²) in [5.41, 5.74) is 4.96. The van der Waals surface area contributed by atoms with Crippen LogP contribution in [0.15, 0.2) is 24.3 Å².